The minimum absolute atomic E-state index is 0.00555. The lowest BCUT2D eigenvalue weighted by Crippen LogP contribution is -2.41. The highest BCUT2D eigenvalue weighted by molar-refractivity contribution is 5.74. The van der Waals surface area contributed by atoms with E-state index in [4.69, 9.17) is 0 Å². The van der Waals surface area contributed by atoms with Gasteiger partial charge in [0.05, 0.1) is 17.9 Å². The molecule has 2 atom stereocenters. The maximum atomic E-state index is 12.7. The van der Waals surface area contributed by atoms with E-state index in [1.54, 1.807) is 12.4 Å². The van der Waals surface area contributed by atoms with Crippen molar-refractivity contribution in [2.45, 2.75) is 38.3 Å². The first-order chi connectivity index (χ1) is 13.5. The Morgan fingerprint density at radius 1 is 1.21 bits per heavy atom. The third kappa shape index (κ3) is 5.34. The molecule has 0 radical (unpaired) electrons. The second-order valence-electron chi connectivity index (χ2n) is 7.52. The monoisotopic (exact) mass is 382 g/mol. The van der Waals surface area contributed by atoms with Crippen molar-refractivity contribution in [1.82, 2.24) is 20.2 Å². The fourth-order valence-electron chi connectivity index (χ4n) is 3.41. The molecule has 2 amide bonds. The number of nitrogens with zero attached hydrogens (tertiary/aromatic N) is 4. The minimum Gasteiger partial charge on any atom is -0.381 e. The first kappa shape index (κ1) is 19.9. The van der Waals surface area contributed by atoms with Crippen molar-refractivity contribution in [1.29, 1.82) is 0 Å². The zero-order valence-corrected chi connectivity index (χ0v) is 16.9. The van der Waals surface area contributed by atoms with Crippen LogP contribution in [0.15, 0.2) is 42.9 Å². The maximum absolute atomic E-state index is 12.7. The molecule has 2 aromatic rings. The fraction of sp³-hybridized carbons (Fsp3) is 0.476. The topological polar surface area (TPSA) is 73.4 Å². The third-order valence-corrected chi connectivity index (χ3v) is 5.12. The second kappa shape index (κ2) is 9.39. The van der Waals surface area contributed by atoms with Gasteiger partial charge < -0.3 is 20.4 Å². The molecule has 0 saturated carbocycles. The molecule has 2 N–H and O–H groups in total. The van der Waals surface area contributed by atoms with Gasteiger partial charge in [0, 0.05) is 45.6 Å². The number of anilines is 2. The predicted molar refractivity (Wildman–Crippen MR) is 113 cm³/mol. The smallest absolute Gasteiger partial charge is 0.317 e. The number of aromatic nitrogens is 2. The molecule has 2 aromatic heterocycles. The Balaban J connectivity index is 1.50. The highest BCUT2D eigenvalue weighted by Gasteiger charge is 2.22. The molecule has 7 nitrogen and oxygen atoms in total. The minimum atomic E-state index is -0.0559. The van der Waals surface area contributed by atoms with Crippen LogP contribution < -0.4 is 15.5 Å². The van der Waals surface area contributed by atoms with Crippen molar-refractivity contribution in [3.05, 3.63) is 48.4 Å². The third-order valence-electron chi connectivity index (χ3n) is 5.12. The number of nitrogens with one attached hydrogen (secondary N) is 2. The number of amides is 2. The van der Waals surface area contributed by atoms with Gasteiger partial charge >= 0.3 is 6.03 Å². The number of urea groups is 1. The molecule has 28 heavy (non-hydrogen) atoms. The summed E-state index contributed by atoms with van der Waals surface area (Å²) in [4.78, 5) is 25.1. The number of pyridine rings is 2. The van der Waals surface area contributed by atoms with E-state index in [9.17, 15) is 4.79 Å². The molecule has 3 heterocycles. The summed E-state index contributed by atoms with van der Waals surface area (Å²) in [6, 6.07) is 8.23. The Morgan fingerprint density at radius 2 is 2.07 bits per heavy atom. The highest BCUT2D eigenvalue weighted by atomic mass is 16.2. The fourth-order valence-corrected chi connectivity index (χ4v) is 3.41. The summed E-state index contributed by atoms with van der Waals surface area (Å²) in [7, 11) is 3.96. The van der Waals surface area contributed by atoms with Crippen LogP contribution in [-0.4, -0.2) is 54.1 Å². The molecule has 0 bridgehead atoms. The maximum Gasteiger partial charge on any atom is 0.317 e. The highest BCUT2D eigenvalue weighted by Crippen LogP contribution is 2.19. The molecule has 3 rings (SSSR count). The van der Waals surface area contributed by atoms with E-state index in [1.807, 2.05) is 55.2 Å². The standard InChI is InChI=1S/C21H30N6O/c1-16(17-6-4-11-22-14-17)24-21(28)27-12-5-7-18(10-13-27)25-19-8-9-20(23-15-19)26(2)3/h4,6,8-9,11,14-16,18,25H,5,7,10,12-13H2,1-3H3,(H,24,28)/t16-,18-/m0/s1. The van der Waals surface area contributed by atoms with Gasteiger partial charge in [-0.15, -0.1) is 0 Å². The summed E-state index contributed by atoms with van der Waals surface area (Å²) in [6.45, 7) is 3.51. The molecular weight excluding hydrogens is 352 g/mol. The molecule has 1 saturated heterocycles. The van der Waals surface area contributed by atoms with Crippen molar-refractivity contribution in [2.75, 3.05) is 37.4 Å². The summed E-state index contributed by atoms with van der Waals surface area (Å²) >= 11 is 0. The van der Waals surface area contributed by atoms with Crippen LogP contribution >= 0.6 is 0 Å². The Labute approximate surface area is 167 Å². The van der Waals surface area contributed by atoms with Crippen LogP contribution in [0.3, 0.4) is 0 Å². The van der Waals surface area contributed by atoms with Crippen molar-refractivity contribution in [2.24, 2.45) is 0 Å². The van der Waals surface area contributed by atoms with Gasteiger partial charge in [-0.3, -0.25) is 4.98 Å². The van der Waals surface area contributed by atoms with Gasteiger partial charge in [-0.2, -0.15) is 0 Å². The van der Waals surface area contributed by atoms with Crippen LogP contribution in [0.2, 0.25) is 0 Å². The summed E-state index contributed by atoms with van der Waals surface area (Å²) < 4.78 is 0. The second-order valence-corrected chi connectivity index (χ2v) is 7.52. The number of hydrogen-bond donors (Lipinski definition) is 2. The summed E-state index contributed by atoms with van der Waals surface area (Å²) in [5, 5.41) is 6.65. The molecule has 1 aliphatic rings. The van der Waals surface area contributed by atoms with E-state index >= 15 is 0 Å². The van der Waals surface area contributed by atoms with Crippen LogP contribution in [0.25, 0.3) is 0 Å². The van der Waals surface area contributed by atoms with Crippen LogP contribution in [0.4, 0.5) is 16.3 Å². The summed E-state index contributed by atoms with van der Waals surface area (Å²) in [6.07, 6.45) is 8.35. The Bertz CT molecular complexity index is 749. The average Bonchev–Trinajstić information content (AvgIpc) is 2.94. The molecule has 0 unspecified atom stereocenters. The normalized spacial score (nSPS) is 18.1. The van der Waals surface area contributed by atoms with E-state index in [-0.39, 0.29) is 12.1 Å². The van der Waals surface area contributed by atoms with E-state index in [2.05, 4.69) is 26.7 Å². The number of likely N-dealkylation sites (tertiary alicyclic amines) is 1. The number of carbonyl (C=O) groups is 1. The van der Waals surface area contributed by atoms with Gasteiger partial charge in [0.25, 0.3) is 0 Å². The zero-order chi connectivity index (χ0) is 19.9. The quantitative estimate of drug-likeness (QED) is 0.830. The first-order valence-electron chi connectivity index (χ1n) is 9.88. The molecular formula is C21H30N6O. The zero-order valence-electron chi connectivity index (χ0n) is 16.9. The molecule has 1 fully saturated rings. The molecule has 0 spiro atoms. The Morgan fingerprint density at radius 3 is 2.75 bits per heavy atom. The molecule has 150 valence electrons. The van der Waals surface area contributed by atoms with Crippen LogP contribution in [0, 0.1) is 0 Å². The van der Waals surface area contributed by atoms with Gasteiger partial charge in [-0.05, 0) is 49.9 Å². The SMILES string of the molecule is C[C@H](NC(=O)N1CCC[C@H](Nc2ccc(N(C)C)nc2)CC1)c1cccnc1. The van der Waals surface area contributed by atoms with Crippen LogP contribution in [0.1, 0.15) is 37.8 Å². The largest absolute Gasteiger partial charge is 0.381 e. The van der Waals surface area contributed by atoms with Gasteiger partial charge in [0.15, 0.2) is 0 Å². The Hall–Kier alpha value is -2.83. The Kier molecular flexibility index (Phi) is 6.68. The van der Waals surface area contributed by atoms with Gasteiger partial charge in [0.2, 0.25) is 0 Å². The van der Waals surface area contributed by atoms with E-state index in [0.29, 0.717) is 6.04 Å². The van der Waals surface area contributed by atoms with Gasteiger partial charge in [-0.1, -0.05) is 6.07 Å². The van der Waals surface area contributed by atoms with E-state index in [0.717, 1.165) is 49.4 Å². The molecule has 0 aromatic carbocycles. The number of rotatable bonds is 5. The van der Waals surface area contributed by atoms with Gasteiger partial charge in [-0.25, -0.2) is 9.78 Å². The predicted octanol–water partition coefficient (Wildman–Crippen LogP) is 3.28. The van der Waals surface area contributed by atoms with E-state index < -0.39 is 0 Å². The molecule has 1 aliphatic heterocycles. The van der Waals surface area contributed by atoms with Crippen molar-refractivity contribution >= 4 is 17.5 Å². The number of carbonyl (C=O) groups excluding carboxylic acids is 1. The molecule has 7 heteroatoms. The number of hydrogen-bond acceptors (Lipinski definition) is 5. The average molecular weight is 383 g/mol. The van der Waals surface area contributed by atoms with Gasteiger partial charge in [0.1, 0.15) is 5.82 Å². The lowest BCUT2D eigenvalue weighted by atomic mass is 10.1. The van der Waals surface area contributed by atoms with Crippen LogP contribution in [0.5, 0.6) is 0 Å². The van der Waals surface area contributed by atoms with Crippen LogP contribution in [-0.2, 0) is 0 Å². The van der Waals surface area contributed by atoms with Crippen molar-refractivity contribution in [3.63, 3.8) is 0 Å². The van der Waals surface area contributed by atoms with Crippen molar-refractivity contribution in [3.8, 4) is 0 Å². The first-order valence-corrected chi connectivity index (χ1v) is 9.88. The van der Waals surface area contributed by atoms with E-state index in [1.165, 1.54) is 0 Å². The molecule has 0 aliphatic carbocycles. The lowest BCUT2D eigenvalue weighted by Gasteiger charge is -2.24. The summed E-state index contributed by atoms with van der Waals surface area (Å²) in [5.41, 5.74) is 2.04. The summed E-state index contributed by atoms with van der Waals surface area (Å²) in [5.74, 6) is 0.942. The van der Waals surface area contributed by atoms with Crippen molar-refractivity contribution < 1.29 is 4.79 Å². The lowest BCUT2D eigenvalue weighted by molar-refractivity contribution is 0.196.